The molecule has 4 heteroatoms. The van der Waals surface area contributed by atoms with Gasteiger partial charge in [0.15, 0.2) is 0 Å². The van der Waals surface area contributed by atoms with Crippen LogP contribution in [0.1, 0.15) is 124 Å². The number of benzene rings is 15. The summed E-state index contributed by atoms with van der Waals surface area (Å²) in [4.78, 5) is 0. The Labute approximate surface area is 559 Å². The molecule has 0 saturated carbocycles. The van der Waals surface area contributed by atoms with Crippen molar-refractivity contribution in [1.82, 2.24) is 0 Å². The minimum absolute atomic E-state index is 0.265. The molecule has 95 heavy (non-hydrogen) atoms. The van der Waals surface area contributed by atoms with Crippen LogP contribution in [0.2, 0.25) is 0 Å². The zero-order valence-electron chi connectivity index (χ0n) is 55.6. The molecule has 17 rings (SSSR count). The maximum Gasteiger partial charge on any atom is 0.119 e. The van der Waals surface area contributed by atoms with E-state index in [0.29, 0.717) is 12.2 Å². The normalized spacial score (nSPS) is 12.5. The third kappa shape index (κ3) is 11.4. The van der Waals surface area contributed by atoms with Crippen LogP contribution in [-0.4, -0.2) is 20.4 Å². The van der Waals surface area contributed by atoms with E-state index in [2.05, 4.69) is 258 Å². The number of hydrogen-bond donors (Lipinski definition) is 4. The highest BCUT2D eigenvalue weighted by Gasteiger charge is 2.47. The Morgan fingerprint density at radius 3 is 0.874 bits per heavy atom. The minimum Gasteiger partial charge on any atom is -0.508 e. The molecule has 0 amide bonds. The average molecular weight is 1240 g/mol. The van der Waals surface area contributed by atoms with Crippen molar-refractivity contribution in [2.75, 3.05) is 0 Å². The second-order valence-corrected chi connectivity index (χ2v) is 24.3. The number of fused-ring (bicyclic) bond motifs is 12. The first-order chi connectivity index (χ1) is 46.6. The molecule has 470 valence electrons. The van der Waals surface area contributed by atoms with E-state index in [1.165, 1.54) is 107 Å². The van der Waals surface area contributed by atoms with E-state index in [-0.39, 0.29) is 17.2 Å². The molecule has 2 aliphatic rings. The molecule has 4 N–H and O–H groups in total. The second kappa shape index (κ2) is 27.7. The largest absolute Gasteiger partial charge is 0.508 e. The lowest BCUT2D eigenvalue weighted by molar-refractivity contribution is 0.470. The monoisotopic (exact) mass is 1240 g/mol. The Morgan fingerprint density at radius 2 is 0.505 bits per heavy atom. The molecule has 0 bridgehead atoms. The third-order valence-electron chi connectivity index (χ3n) is 18.5. The van der Waals surface area contributed by atoms with E-state index >= 15 is 0 Å². The van der Waals surface area contributed by atoms with Gasteiger partial charge in [0, 0.05) is 12.0 Å². The van der Waals surface area contributed by atoms with E-state index in [4.69, 9.17) is 0 Å². The summed E-state index contributed by atoms with van der Waals surface area (Å²) in [6, 6.07) is 101. The molecule has 0 radical (unpaired) electrons. The standard InChI is InChI=1S/C48H32O2.C33H22O2.2C3H8.2C2H6/c49-37-22-18-30-26-35(20-17-31(30)28-37)48(45-15-7-5-13-41(45)42-14-6-8-16-46(42)48)36-21-23-40-34(27-36)19-24-47(50)44(40)29-43-38-11-3-1-9-32(38)25-33-10-2-4-12-39(33)43;34-27-15-11-21-17-25(13-9-23(21)19-27)33(26-14-10-24-20-28(35)16-12-22(24)18-26)31-7-3-1-5-29(31)30-6-2-4-8-32(30)33;2*1-3-2;2*1-2/h1-28,49-50H,29H2;1-20,34-35H;2*3H2,1-2H3;2*1-2H3. The van der Waals surface area contributed by atoms with Crippen LogP contribution in [0.4, 0.5) is 0 Å². The van der Waals surface area contributed by atoms with E-state index in [1.54, 1.807) is 18.2 Å². The predicted molar refractivity (Wildman–Crippen MR) is 403 cm³/mol. The van der Waals surface area contributed by atoms with Gasteiger partial charge in [0.1, 0.15) is 23.0 Å². The van der Waals surface area contributed by atoms with Crippen LogP contribution in [-0.2, 0) is 17.3 Å². The molecule has 0 unspecified atom stereocenters. The summed E-state index contributed by atoms with van der Waals surface area (Å²) < 4.78 is 0. The zero-order chi connectivity index (χ0) is 66.4. The lowest BCUT2D eigenvalue weighted by atomic mass is 9.67. The van der Waals surface area contributed by atoms with Crippen molar-refractivity contribution in [1.29, 1.82) is 0 Å². The van der Waals surface area contributed by atoms with Crippen molar-refractivity contribution in [2.24, 2.45) is 0 Å². The quantitative estimate of drug-likeness (QED) is 0.125. The minimum atomic E-state index is -0.572. The highest BCUT2D eigenvalue weighted by Crippen LogP contribution is 2.59. The molecule has 0 spiro atoms. The molecule has 0 saturated heterocycles. The topological polar surface area (TPSA) is 80.9 Å². The summed E-state index contributed by atoms with van der Waals surface area (Å²) in [5.41, 5.74) is 15.8. The summed E-state index contributed by atoms with van der Waals surface area (Å²) >= 11 is 0. The number of phenols is 4. The molecule has 0 atom stereocenters. The van der Waals surface area contributed by atoms with Gasteiger partial charge in [0.25, 0.3) is 0 Å². The van der Waals surface area contributed by atoms with Gasteiger partial charge in [-0.1, -0.05) is 287 Å². The second-order valence-electron chi connectivity index (χ2n) is 24.3. The van der Waals surface area contributed by atoms with Crippen molar-refractivity contribution in [3.8, 4) is 45.3 Å². The highest BCUT2D eigenvalue weighted by molar-refractivity contribution is 6.04. The first kappa shape index (κ1) is 64.2. The number of hydrogen-bond acceptors (Lipinski definition) is 4. The first-order valence-electron chi connectivity index (χ1n) is 33.8. The molecule has 15 aromatic carbocycles. The van der Waals surface area contributed by atoms with E-state index in [1.807, 2.05) is 70.2 Å². The number of phenolic OH excluding ortho intramolecular Hbond substituents is 4. The predicted octanol–water partition coefficient (Wildman–Crippen LogP) is 24.3. The lowest BCUT2D eigenvalue weighted by Crippen LogP contribution is -2.28. The van der Waals surface area contributed by atoms with Gasteiger partial charge in [-0.3, -0.25) is 0 Å². The molecule has 0 aliphatic heterocycles. The fraction of sp³-hybridized carbons (Fsp3) is 0.143. The maximum atomic E-state index is 11.5. The van der Waals surface area contributed by atoms with Gasteiger partial charge in [-0.05, 0) is 210 Å². The van der Waals surface area contributed by atoms with Crippen molar-refractivity contribution < 1.29 is 20.4 Å². The van der Waals surface area contributed by atoms with Crippen LogP contribution < -0.4 is 0 Å². The van der Waals surface area contributed by atoms with E-state index in [9.17, 15) is 20.4 Å². The van der Waals surface area contributed by atoms with Gasteiger partial charge < -0.3 is 20.4 Å². The van der Waals surface area contributed by atoms with Crippen LogP contribution in [0, 0.1) is 0 Å². The summed E-state index contributed by atoms with van der Waals surface area (Å²) in [6.45, 7) is 16.5. The lowest BCUT2D eigenvalue weighted by Gasteiger charge is -2.34. The molecule has 0 heterocycles. The molecule has 2 aliphatic carbocycles. The van der Waals surface area contributed by atoms with Crippen molar-refractivity contribution >= 4 is 64.6 Å². The van der Waals surface area contributed by atoms with Gasteiger partial charge in [0.2, 0.25) is 0 Å². The Morgan fingerprint density at radius 1 is 0.242 bits per heavy atom. The van der Waals surface area contributed by atoms with Crippen molar-refractivity contribution in [3.05, 3.63) is 347 Å². The molecule has 4 nitrogen and oxygen atoms in total. The molecule has 0 aromatic heterocycles. The van der Waals surface area contributed by atoms with Gasteiger partial charge in [-0.25, -0.2) is 0 Å². The van der Waals surface area contributed by atoms with E-state index < -0.39 is 10.8 Å². The zero-order valence-corrected chi connectivity index (χ0v) is 55.6. The summed E-state index contributed by atoms with van der Waals surface area (Å²) in [5.74, 6) is 1.12. The van der Waals surface area contributed by atoms with Crippen LogP contribution in [0.15, 0.2) is 291 Å². The van der Waals surface area contributed by atoms with Gasteiger partial charge in [-0.2, -0.15) is 0 Å². The molecular weight excluding hydrogens is 1160 g/mol. The summed E-state index contributed by atoms with van der Waals surface area (Å²) in [7, 11) is 0. The maximum absolute atomic E-state index is 11.5. The summed E-state index contributed by atoms with van der Waals surface area (Å²) in [6.07, 6.45) is 3.11. The highest BCUT2D eigenvalue weighted by atomic mass is 16.3. The fourth-order valence-corrected chi connectivity index (χ4v) is 14.7. The average Bonchev–Trinajstić information content (AvgIpc) is 1.56. The van der Waals surface area contributed by atoms with Crippen LogP contribution in [0.3, 0.4) is 0 Å². The Bertz CT molecular complexity index is 5050. The Balaban J connectivity index is 0.000000168. The van der Waals surface area contributed by atoms with Gasteiger partial charge in [-0.15, -0.1) is 0 Å². The SMILES string of the molecule is CC.CC.CCC.CCC.Oc1ccc2cc(C3(c4ccc5c(Cc6c7ccccc7cc7ccccc67)c(O)ccc5c4)c4ccccc4-c4ccccc43)ccc2c1.Oc1ccc2cc(C3(c4ccc5cc(O)ccc5c4)c4ccccc4-c4ccccc43)ccc2c1. The van der Waals surface area contributed by atoms with Crippen LogP contribution in [0.5, 0.6) is 23.0 Å². The van der Waals surface area contributed by atoms with Crippen LogP contribution in [0.25, 0.3) is 86.9 Å². The number of rotatable bonds is 6. The Kier molecular flexibility index (Phi) is 18.7. The van der Waals surface area contributed by atoms with Crippen molar-refractivity contribution in [2.45, 2.75) is 85.5 Å². The fourth-order valence-electron chi connectivity index (χ4n) is 14.7. The Hall–Kier alpha value is -10.9. The third-order valence-corrected chi connectivity index (χ3v) is 18.5. The molecular formula is C91H82O4. The van der Waals surface area contributed by atoms with E-state index in [0.717, 1.165) is 48.7 Å². The smallest absolute Gasteiger partial charge is 0.119 e. The summed E-state index contributed by atoms with van der Waals surface area (Å²) in [5, 5.41) is 55.0. The van der Waals surface area contributed by atoms with Crippen molar-refractivity contribution in [3.63, 3.8) is 0 Å². The molecule has 0 fully saturated rings. The van der Waals surface area contributed by atoms with Gasteiger partial charge in [0.05, 0.1) is 10.8 Å². The number of aromatic hydroxyl groups is 4. The first-order valence-corrected chi connectivity index (χ1v) is 33.8. The molecule has 15 aromatic rings. The van der Waals surface area contributed by atoms with Gasteiger partial charge >= 0.3 is 0 Å². The van der Waals surface area contributed by atoms with Crippen LogP contribution >= 0.6 is 0 Å².